The van der Waals surface area contributed by atoms with Gasteiger partial charge in [0.05, 0.1) is 18.9 Å². The molecule has 1 saturated carbocycles. The third kappa shape index (κ3) is 5.09. The van der Waals surface area contributed by atoms with Crippen molar-refractivity contribution in [3.63, 3.8) is 0 Å². The summed E-state index contributed by atoms with van der Waals surface area (Å²) in [5, 5.41) is 17.2. The predicted molar refractivity (Wildman–Crippen MR) is 136 cm³/mol. The van der Waals surface area contributed by atoms with Gasteiger partial charge in [-0.3, -0.25) is 9.59 Å². The number of hydrogen-bond donors (Lipinski definition) is 2. The lowest BCUT2D eigenvalue weighted by atomic mass is 9.87. The Kier molecular flexibility index (Phi) is 6.49. The fraction of sp³-hybridized carbons (Fsp3) is 0.429. The molecule has 1 aliphatic carbocycles. The molecule has 37 heavy (non-hydrogen) atoms. The molecule has 1 aromatic heterocycles. The number of benzene rings is 2. The highest BCUT2D eigenvalue weighted by Crippen LogP contribution is 2.47. The maximum absolute atomic E-state index is 12.9. The van der Waals surface area contributed by atoms with E-state index in [0.717, 1.165) is 33.6 Å². The van der Waals surface area contributed by atoms with E-state index in [4.69, 9.17) is 9.26 Å². The van der Waals surface area contributed by atoms with Crippen LogP contribution in [0.25, 0.3) is 11.1 Å². The van der Waals surface area contributed by atoms with Crippen molar-refractivity contribution >= 4 is 11.8 Å². The SMILES string of the molecule is COc1cccc(-c2ccc(CNC(=O)C3CC3c3nc(C)no3)c3c2CCN(C(=O)C(C)(C)O)C3)c1. The number of hydrogen-bond acceptors (Lipinski definition) is 7. The van der Waals surface area contributed by atoms with Gasteiger partial charge in [-0.25, -0.2) is 0 Å². The summed E-state index contributed by atoms with van der Waals surface area (Å²) in [6.45, 7) is 6.00. The number of aryl methyl sites for hydroxylation is 1. The molecule has 9 heteroatoms. The maximum Gasteiger partial charge on any atom is 0.254 e. The minimum atomic E-state index is -1.45. The number of ether oxygens (including phenoxy) is 1. The second-order valence-corrected chi connectivity index (χ2v) is 10.3. The average molecular weight is 505 g/mol. The van der Waals surface area contributed by atoms with Gasteiger partial charge in [-0.2, -0.15) is 4.98 Å². The summed E-state index contributed by atoms with van der Waals surface area (Å²) in [4.78, 5) is 31.7. The van der Waals surface area contributed by atoms with Crippen molar-refractivity contribution < 1.29 is 24.0 Å². The van der Waals surface area contributed by atoms with Crippen LogP contribution < -0.4 is 10.1 Å². The van der Waals surface area contributed by atoms with Crippen LogP contribution >= 0.6 is 0 Å². The number of aliphatic hydroxyl groups is 1. The molecule has 2 atom stereocenters. The van der Waals surface area contributed by atoms with E-state index in [-0.39, 0.29) is 23.7 Å². The molecular formula is C28H32N4O5. The number of carbonyl (C=O) groups is 2. The van der Waals surface area contributed by atoms with Gasteiger partial charge in [0.15, 0.2) is 5.82 Å². The smallest absolute Gasteiger partial charge is 0.254 e. The molecule has 2 unspecified atom stereocenters. The van der Waals surface area contributed by atoms with Gasteiger partial charge in [-0.1, -0.05) is 29.4 Å². The summed E-state index contributed by atoms with van der Waals surface area (Å²) in [5.41, 5.74) is 3.76. The number of amides is 2. The van der Waals surface area contributed by atoms with Gasteiger partial charge in [0.25, 0.3) is 5.91 Å². The Hall–Kier alpha value is -3.72. The first-order valence-corrected chi connectivity index (χ1v) is 12.5. The van der Waals surface area contributed by atoms with Crippen LogP contribution in [0.4, 0.5) is 0 Å². The summed E-state index contributed by atoms with van der Waals surface area (Å²) in [5.74, 6) is 1.27. The molecule has 2 aliphatic rings. The third-order valence-electron chi connectivity index (χ3n) is 7.14. The fourth-order valence-electron chi connectivity index (χ4n) is 5.06. The molecule has 2 amide bonds. The van der Waals surface area contributed by atoms with Crippen LogP contribution in [0.3, 0.4) is 0 Å². The summed E-state index contributed by atoms with van der Waals surface area (Å²) < 4.78 is 10.7. The van der Waals surface area contributed by atoms with Gasteiger partial charge in [-0.15, -0.1) is 0 Å². The first-order valence-electron chi connectivity index (χ1n) is 12.5. The van der Waals surface area contributed by atoms with Crippen LogP contribution in [-0.4, -0.2) is 51.2 Å². The van der Waals surface area contributed by atoms with Gasteiger partial charge < -0.3 is 24.6 Å². The van der Waals surface area contributed by atoms with E-state index in [0.29, 0.717) is 44.2 Å². The second-order valence-electron chi connectivity index (χ2n) is 10.3. The van der Waals surface area contributed by atoms with Crippen molar-refractivity contribution in [3.05, 3.63) is 64.8 Å². The molecule has 0 bridgehead atoms. The van der Waals surface area contributed by atoms with E-state index in [9.17, 15) is 14.7 Å². The summed E-state index contributed by atoms with van der Waals surface area (Å²) in [6.07, 6.45) is 1.33. The standard InChI is InChI=1S/C28H32N4O5/c1-16-30-26(37-31-16)23-13-22(23)25(33)29-14-18-8-9-20(17-6-5-7-19(12-17)36-4)21-10-11-32(15-24(18)21)27(34)28(2,3)35/h5-9,12,22-23,35H,10-11,13-15H2,1-4H3,(H,29,33). The molecule has 3 aromatic rings. The van der Waals surface area contributed by atoms with Gasteiger partial charge in [0.1, 0.15) is 11.4 Å². The van der Waals surface area contributed by atoms with Crippen molar-refractivity contribution in [3.8, 4) is 16.9 Å². The second kappa shape index (κ2) is 9.63. The highest BCUT2D eigenvalue weighted by Gasteiger charge is 2.47. The van der Waals surface area contributed by atoms with Crippen molar-refractivity contribution in [2.45, 2.75) is 58.2 Å². The molecule has 0 radical (unpaired) electrons. The lowest BCUT2D eigenvalue weighted by molar-refractivity contribution is -0.148. The quantitative estimate of drug-likeness (QED) is 0.508. The number of methoxy groups -OCH3 is 1. The van der Waals surface area contributed by atoms with Crippen LogP contribution in [0.1, 0.15) is 54.6 Å². The fourth-order valence-corrected chi connectivity index (χ4v) is 5.06. The molecular weight excluding hydrogens is 472 g/mol. The summed E-state index contributed by atoms with van der Waals surface area (Å²) in [7, 11) is 1.64. The zero-order valence-electron chi connectivity index (χ0n) is 21.6. The Morgan fingerprint density at radius 3 is 2.76 bits per heavy atom. The number of aromatic nitrogens is 2. The number of rotatable bonds is 7. The van der Waals surface area contributed by atoms with Gasteiger partial charge in [0, 0.05) is 19.6 Å². The summed E-state index contributed by atoms with van der Waals surface area (Å²) in [6, 6.07) is 12.0. The van der Waals surface area contributed by atoms with E-state index in [1.54, 1.807) is 18.9 Å². The van der Waals surface area contributed by atoms with Crippen LogP contribution in [0.5, 0.6) is 5.75 Å². The van der Waals surface area contributed by atoms with E-state index in [1.807, 2.05) is 30.3 Å². The Balaban J connectivity index is 1.40. The van der Waals surface area contributed by atoms with Crippen LogP contribution in [0.15, 0.2) is 40.9 Å². The monoisotopic (exact) mass is 504 g/mol. The maximum atomic E-state index is 12.9. The molecule has 2 aromatic carbocycles. The Bertz CT molecular complexity index is 1340. The number of nitrogens with zero attached hydrogens (tertiary/aromatic N) is 3. The Morgan fingerprint density at radius 1 is 1.24 bits per heavy atom. The Morgan fingerprint density at radius 2 is 2.05 bits per heavy atom. The topological polar surface area (TPSA) is 118 Å². The van der Waals surface area contributed by atoms with E-state index < -0.39 is 5.60 Å². The van der Waals surface area contributed by atoms with Gasteiger partial charge in [0.2, 0.25) is 11.8 Å². The molecule has 1 aliphatic heterocycles. The van der Waals surface area contributed by atoms with Crippen LogP contribution in [0.2, 0.25) is 0 Å². The first kappa shape index (κ1) is 25.0. The zero-order chi connectivity index (χ0) is 26.3. The lowest BCUT2D eigenvalue weighted by Gasteiger charge is -2.35. The molecule has 2 heterocycles. The number of nitrogens with one attached hydrogen (secondary N) is 1. The molecule has 0 saturated heterocycles. The summed E-state index contributed by atoms with van der Waals surface area (Å²) >= 11 is 0. The first-order chi connectivity index (χ1) is 17.7. The third-order valence-corrected chi connectivity index (χ3v) is 7.14. The van der Waals surface area contributed by atoms with E-state index in [1.165, 1.54) is 13.8 Å². The Labute approximate surface area is 215 Å². The van der Waals surface area contributed by atoms with Crippen molar-refractivity contribution in [1.29, 1.82) is 0 Å². The highest BCUT2D eigenvalue weighted by molar-refractivity contribution is 5.85. The lowest BCUT2D eigenvalue weighted by Crippen LogP contribution is -2.47. The van der Waals surface area contributed by atoms with Crippen molar-refractivity contribution in [1.82, 2.24) is 20.4 Å². The largest absolute Gasteiger partial charge is 0.497 e. The predicted octanol–water partition coefficient (Wildman–Crippen LogP) is 3.13. The molecule has 9 nitrogen and oxygen atoms in total. The van der Waals surface area contributed by atoms with Crippen LogP contribution in [-0.2, 0) is 29.1 Å². The molecule has 1 fully saturated rings. The molecule has 5 rings (SSSR count). The van der Waals surface area contributed by atoms with Crippen molar-refractivity contribution in [2.24, 2.45) is 5.92 Å². The van der Waals surface area contributed by atoms with Gasteiger partial charge in [-0.05, 0) is 73.6 Å². The number of carbonyl (C=O) groups excluding carboxylic acids is 2. The van der Waals surface area contributed by atoms with Crippen LogP contribution in [0, 0.1) is 12.8 Å². The number of fused-ring (bicyclic) bond motifs is 1. The highest BCUT2D eigenvalue weighted by atomic mass is 16.5. The molecule has 0 spiro atoms. The van der Waals surface area contributed by atoms with Crippen molar-refractivity contribution in [2.75, 3.05) is 13.7 Å². The average Bonchev–Trinajstić information content (AvgIpc) is 3.58. The van der Waals surface area contributed by atoms with E-state index in [2.05, 4.69) is 21.5 Å². The van der Waals surface area contributed by atoms with Gasteiger partial charge >= 0.3 is 0 Å². The molecule has 194 valence electrons. The van der Waals surface area contributed by atoms with E-state index >= 15 is 0 Å². The minimum absolute atomic E-state index is 0.0366. The minimum Gasteiger partial charge on any atom is -0.497 e. The zero-order valence-corrected chi connectivity index (χ0v) is 21.6. The molecule has 2 N–H and O–H groups in total. The normalized spacial score (nSPS) is 18.8.